The summed E-state index contributed by atoms with van der Waals surface area (Å²) in [4.78, 5) is 1.44. The number of rotatable bonds is 3. The van der Waals surface area contributed by atoms with E-state index in [9.17, 15) is 12.8 Å². The molecule has 0 unspecified atom stereocenters. The van der Waals surface area contributed by atoms with Gasteiger partial charge < -0.3 is 5.73 Å². The van der Waals surface area contributed by atoms with Gasteiger partial charge in [0, 0.05) is 0 Å². The van der Waals surface area contributed by atoms with E-state index in [2.05, 4.69) is 12.2 Å². The second kappa shape index (κ2) is 4.91. The van der Waals surface area contributed by atoms with Crippen LogP contribution in [-0.2, 0) is 10.0 Å². The smallest absolute Gasteiger partial charge is 0.258 e. The van der Waals surface area contributed by atoms with Crippen molar-refractivity contribution in [3.05, 3.63) is 29.0 Å². The molecule has 0 saturated carbocycles. The lowest BCUT2D eigenvalue weighted by molar-refractivity contribution is 0.574. The molecule has 1 rings (SSSR count). The summed E-state index contributed by atoms with van der Waals surface area (Å²) in [5.74, 6) is -0.722. The van der Waals surface area contributed by atoms with Crippen LogP contribution in [0.25, 0.3) is 0 Å². The zero-order valence-electron chi connectivity index (χ0n) is 7.70. The maximum atomic E-state index is 12.9. The molecule has 5 nitrogen and oxygen atoms in total. The first kappa shape index (κ1) is 13.1. The molecule has 9 heteroatoms. The lowest BCUT2D eigenvalue weighted by Crippen LogP contribution is -2.44. The van der Waals surface area contributed by atoms with Crippen LogP contribution in [0.5, 0.6) is 0 Å². The number of sulfonamides is 1. The van der Waals surface area contributed by atoms with E-state index in [-0.39, 0.29) is 10.1 Å². The maximum Gasteiger partial charge on any atom is 0.258 e. The minimum absolute atomic E-state index is 0.112. The van der Waals surface area contributed by atoms with Crippen LogP contribution in [0.15, 0.2) is 23.1 Å². The van der Waals surface area contributed by atoms with Crippen LogP contribution >= 0.6 is 23.8 Å². The highest BCUT2D eigenvalue weighted by atomic mass is 35.5. The Labute approximate surface area is 102 Å². The molecule has 0 fully saturated rings. The molecule has 0 amide bonds. The highest BCUT2D eigenvalue weighted by Gasteiger charge is 2.18. The average Bonchev–Trinajstić information content (AvgIpc) is 2.19. The second-order valence-electron chi connectivity index (χ2n) is 2.67. The molecule has 0 bridgehead atoms. The lowest BCUT2D eigenvalue weighted by atomic mass is 10.3. The number of nitrogens with one attached hydrogen (secondary N) is 2. The van der Waals surface area contributed by atoms with Gasteiger partial charge in [0.15, 0.2) is 5.11 Å². The Balaban J connectivity index is 3.07. The molecule has 0 aliphatic carbocycles. The number of hydrogen-bond donors (Lipinski definition) is 3. The van der Waals surface area contributed by atoms with E-state index >= 15 is 0 Å². The summed E-state index contributed by atoms with van der Waals surface area (Å²) in [5.41, 5.74) is 7.05. The van der Waals surface area contributed by atoms with Gasteiger partial charge in [-0.25, -0.2) is 12.8 Å². The van der Waals surface area contributed by atoms with Gasteiger partial charge in [0.25, 0.3) is 10.0 Å². The van der Waals surface area contributed by atoms with Crippen molar-refractivity contribution < 1.29 is 12.8 Å². The highest BCUT2D eigenvalue weighted by Crippen LogP contribution is 2.21. The molecule has 88 valence electrons. The molecular formula is C7H7ClFN3O2S2. The van der Waals surface area contributed by atoms with Crippen molar-refractivity contribution in [2.24, 2.45) is 5.73 Å². The van der Waals surface area contributed by atoms with Gasteiger partial charge in [-0.2, -0.15) is 0 Å². The first-order valence-electron chi connectivity index (χ1n) is 3.85. The molecule has 1 aromatic carbocycles. The summed E-state index contributed by atoms with van der Waals surface area (Å²) < 4.78 is 36.0. The molecule has 0 saturated heterocycles. The third-order valence-electron chi connectivity index (χ3n) is 1.49. The van der Waals surface area contributed by atoms with Crippen molar-refractivity contribution in [3.8, 4) is 0 Å². The zero-order chi connectivity index (χ0) is 12.3. The van der Waals surface area contributed by atoms with E-state index in [0.29, 0.717) is 0 Å². The van der Waals surface area contributed by atoms with E-state index in [1.807, 2.05) is 10.3 Å². The van der Waals surface area contributed by atoms with Gasteiger partial charge in [-0.1, -0.05) is 11.6 Å². The topological polar surface area (TPSA) is 84.2 Å². The van der Waals surface area contributed by atoms with Crippen LogP contribution in [0.1, 0.15) is 0 Å². The fraction of sp³-hybridized carbons (Fsp3) is 0. The molecule has 4 N–H and O–H groups in total. The summed E-state index contributed by atoms with van der Waals surface area (Å²) in [6.45, 7) is 0. The Morgan fingerprint density at radius 1 is 1.50 bits per heavy atom. The van der Waals surface area contributed by atoms with Crippen molar-refractivity contribution in [1.29, 1.82) is 0 Å². The highest BCUT2D eigenvalue weighted by molar-refractivity contribution is 7.89. The van der Waals surface area contributed by atoms with Crippen LogP contribution in [-0.4, -0.2) is 13.5 Å². The van der Waals surface area contributed by atoms with Crippen LogP contribution in [0.3, 0.4) is 0 Å². The van der Waals surface area contributed by atoms with E-state index in [1.165, 1.54) is 0 Å². The molecule has 0 aromatic heterocycles. The molecule has 0 aliphatic rings. The number of hydrogen-bond acceptors (Lipinski definition) is 3. The summed E-state index contributed by atoms with van der Waals surface area (Å²) >= 11 is 10.0. The van der Waals surface area contributed by atoms with Gasteiger partial charge in [-0.15, -0.1) is 4.83 Å². The van der Waals surface area contributed by atoms with Crippen LogP contribution in [0, 0.1) is 5.82 Å². The maximum absolute atomic E-state index is 12.9. The van der Waals surface area contributed by atoms with Crippen molar-refractivity contribution in [2.75, 3.05) is 0 Å². The van der Waals surface area contributed by atoms with E-state index in [0.717, 1.165) is 18.2 Å². The van der Waals surface area contributed by atoms with Gasteiger partial charge in [-0.05, 0) is 30.4 Å². The third-order valence-corrected chi connectivity index (χ3v) is 3.32. The quantitative estimate of drug-likeness (QED) is 0.556. The average molecular weight is 284 g/mol. The van der Waals surface area contributed by atoms with Crippen molar-refractivity contribution in [1.82, 2.24) is 10.3 Å². The Bertz CT molecular complexity index is 520. The van der Waals surface area contributed by atoms with Crippen molar-refractivity contribution >= 4 is 39.0 Å². The first-order valence-corrected chi connectivity index (χ1v) is 6.12. The van der Waals surface area contributed by atoms with E-state index in [1.54, 1.807) is 0 Å². The molecule has 16 heavy (non-hydrogen) atoms. The minimum atomic E-state index is -4.01. The van der Waals surface area contributed by atoms with Crippen LogP contribution in [0.4, 0.5) is 4.39 Å². The van der Waals surface area contributed by atoms with Crippen LogP contribution in [0.2, 0.25) is 5.02 Å². The molecule has 0 radical (unpaired) electrons. The molecule has 1 aromatic rings. The minimum Gasteiger partial charge on any atom is -0.375 e. The van der Waals surface area contributed by atoms with Crippen molar-refractivity contribution in [3.63, 3.8) is 0 Å². The zero-order valence-corrected chi connectivity index (χ0v) is 10.1. The number of halogens is 2. The number of thiocarbonyl (C=S) groups is 1. The van der Waals surface area contributed by atoms with E-state index < -0.39 is 20.7 Å². The Kier molecular flexibility index (Phi) is 4.03. The Morgan fingerprint density at radius 2 is 2.12 bits per heavy atom. The van der Waals surface area contributed by atoms with E-state index in [4.69, 9.17) is 17.3 Å². The first-order chi connectivity index (χ1) is 7.33. The number of hydrazine groups is 1. The SMILES string of the molecule is NC(=S)NNS(=O)(=O)c1cc(F)ccc1Cl. The summed E-state index contributed by atoms with van der Waals surface area (Å²) in [5, 5.41) is -0.380. The standard InChI is InChI=1S/C7H7ClFN3O2S2/c8-5-2-1-4(9)3-6(5)16(13,14)12-11-7(10)15/h1-3,12H,(H3,10,11,15). The Hall–Kier alpha value is -0.960. The van der Waals surface area contributed by atoms with Gasteiger partial charge in [0.1, 0.15) is 10.7 Å². The largest absolute Gasteiger partial charge is 0.375 e. The monoisotopic (exact) mass is 283 g/mol. The summed E-state index contributed by atoms with van der Waals surface area (Å²) in [7, 11) is -4.01. The summed E-state index contributed by atoms with van der Waals surface area (Å²) in [6, 6.07) is 2.96. The van der Waals surface area contributed by atoms with Gasteiger partial charge in [0.2, 0.25) is 0 Å². The van der Waals surface area contributed by atoms with Gasteiger partial charge in [-0.3, -0.25) is 5.43 Å². The second-order valence-corrected chi connectivity index (χ2v) is 5.17. The third kappa shape index (κ3) is 3.27. The number of benzene rings is 1. The van der Waals surface area contributed by atoms with Gasteiger partial charge in [0.05, 0.1) is 5.02 Å². The molecule has 0 spiro atoms. The molecule has 0 heterocycles. The molecule has 0 aliphatic heterocycles. The Morgan fingerprint density at radius 3 is 2.69 bits per heavy atom. The predicted octanol–water partition coefficient (Wildman–Crippen LogP) is 0.506. The predicted molar refractivity (Wildman–Crippen MR) is 61.7 cm³/mol. The fourth-order valence-electron chi connectivity index (χ4n) is 0.856. The number of nitrogens with two attached hydrogens (primary N) is 1. The summed E-state index contributed by atoms with van der Waals surface area (Å²) in [6.07, 6.45) is 0. The van der Waals surface area contributed by atoms with Gasteiger partial charge >= 0.3 is 0 Å². The van der Waals surface area contributed by atoms with Crippen molar-refractivity contribution in [2.45, 2.75) is 4.90 Å². The molecule has 0 atom stereocenters. The molecular weight excluding hydrogens is 277 g/mol. The fourth-order valence-corrected chi connectivity index (χ4v) is 2.34. The van der Waals surface area contributed by atoms with Crippen LogP contribution < -0.4 is 16.0 Å². The lowest BCUT2D eigenvalue weighted by Gasteiger charge is -2.08. The normalized spacial score (nSPS) is 11.1.